The summed E-state index contributed by atoms with van der Waals surface area (Å²) in [6, 6.07) is 9.73. The summed E-state index contributed by atoms with van der Waals surface area (Å²) in [7, 11) is 0. The van der Waals surface area contributed by atoms with Crippen molar-refractivity contribution in [3.8, 4) is 5.69 Å². The highest BCUT2D eigenvalue weighted by Crippen LogP contribution is 2.36. The third kappa shape index (κ3) is 4.18. The number of aryl methyl sites for hydroxylation is 1. The van der Waals surface area contributed by atoms with Crippen molar-refractivity contribution >= 4 is 39.2 Å². The predicted molar refractivity (Wildman–Crippen MR) is 125 cm³/mol. The van der Waals surface area contributed by atoms with Gasteiger partial charge < -0.3 is 5.32 Å². The maximum Gasteiger partial charge on any atom is 0.267 e. The Kier molecular flexibility index (Phi) is 6.29. The highest BCUT2D eigenvalue weighted by Gasteiger charge is 2.25. The van der Waals surface area contributed by atoms with Crippen LogP contribution in [0.15, 0.2) is 40.3 Å². The van der Waals surface area contributed by atoms with E-state index >= 15 is 0 Å². The Hall–Kier alpha value is -2.12. The van der Waals surface area contributed by atoms with Crippen molar-refractivity contribution in [2.24, 2.45) is 5.92 Å². The molecule has 0 saturated carbocycles. The minimum absolute atomic E-state index is 0.0249. The minimum atomic E-state index is -0.0393. The van der Waals surface area contributed by atoms with Gasteiger partial charge in [-0.3, -0.25) is 14.2 Å². The molecule has 1 N–H and O–H groups in total. The summed E-state index contributed by atoms with van der Waals surface area (Å²) in [4.78, 5) is 33.0. The van der Waals surface area contributed by atoms with Crippen LogP contribution in [0.25, 0.3) is 15.9 Å². The molecule has 2 aromatic heterocycles. The molecular weight excluding hydrogens is 414 g/mol. The fourth-order valence-corrected chi connectivity index (χ4v) is 6.07. The lowest BCUT2D eigenvalue weighted by Gasteiger charge is -2.18. The number of amides is 1. The van der Waals surface area contributed by atoms with Crippen LogP contribution < -0.4 is 10.9 Å². The van der Waals surface area contributed by atoms with Gasteiger partial charge in [0.05, 0.1) is 16.8 Å². The standard InChI is InChI=1S/C23H27N3O2S2/c1-4-15(3)24-19(27)13-29-23-25-21-20(17-11-10-14(2)12-18(17)30-21)22(28)26(23)16-8-6-5-7-9-16/h5-9,14-15H,4,10-13H2,1-3H3,(H,24,27)/t14-,15-/m1/s1. The molecule has 1 amide bonds. The number of thiophene rings is 1. The van der Waals surface area contributed by atoms with Crippen molar-refractivity contribution < 1.29 is 4.79 Å². The first kappa shape index (κ1) is 21.1. The number of carbonyl (C=O) groups excluding carboxylic acids is 1. The van der Waals surface area contributed by atoms with E-state index in [9.17, 15) is 9.59 Å². The van der Waals surface area contributed by atoms with Crippen molar-refractivity contribution in [2.75, 3.05) is 5.75 Å². The first-order valence-electron chi connectivity index (χ1n) is 10.5. The molecule has 0 unspecified atom stereocenters. The third-order valence-electron chi connectivity index (χ3n) is 5.67. The Morgan fingerprint density at radius 2 is 2.13 bits per heavy atom. The second-order valence-corrected chi connectivity index (χ2v) is 10.1. The molecular formula is C23H27N3O2S2. The van der Waals surface area contributed by atoms with E-state index in [0.29, 0.717) is 11.1 Å². The van der Waals surface area contributed by atoms with Gasteiger partial charge in [-0.2, -0.15) is 0 Å². The number of thioether (sulfide) groups is 1. The summed E-state index contributed by atoms with van der Waals surface area (Å²) < 4.78 is 1.68. The second kappa shape index (κ2) is 8.94. The summed E-state index contributed by atoms with van der Waals surface area (Å²) in [5.41, 5.74) is 1.94. The largest absolute Gasteiger partial charge is 0.353 e. The molecule has 0 aliphatic heterocycles. The number of benzene rings is 1. The number of aromatic nitrogens is 2. The minimum Gasteiger partial charge on any atom is -0.353 e. The topological polar surface area (TPSA) is 64.0 Å². The van der Waals surface area contributed by atoms with E-state index in [4.69, 9.17) is 4.98 Å². The molecule has 7 heteroatoms. The maximum atomic E-state index is 13.6. The van der Waals surface area contributed by atoms with E-state index in [1.807, 2.05) is 44.2 Å². The van der Waals surface area contributed by atoms with Crippen molar-refractivity contribution in [1.82, 2.24) is 14.9 Å². The highest BCUT2D eigenvalue weighted by atomic mass is 32.2. The molecule has 158 valence electrons. The molecule has 0 saturated heterocycles. The fraction of sp³-hybridized carbons (Fsp3) is 0.435. The Balaban J connectivity index is 1.78. The molecule has 0 bridgehead atoms. The number of carbonyl (C=O) groups is 1. The van der Waals surface area contributed by atoms with Gasteiger partial charge in [-0.05, 0) is 56.2 Å². The zero-order valence-electron chi connectivity index (χ0n) is 17.6. The van der Waals surface area contributed by atoms with Crippen molar-refractivity contribution in [3.05, 3.63) is 51.1 Å². The van der Waals surface area contributed by atoms with Gasteiger partial charge in [0.25, 0.3) is 5.56 Å². The van der Waals surface area contributed by atoms with Crippen LogP contribution in [0.4, 0.5) is 0 Å². The van der Waals surface area contributed by atoms with E-state index in [-0.39, 0.29) is 23.3 Å². The normalized spacial score (nSPS) is 17.0. The van der Waals surface area contributed by atoms with Crippen LogP contribution in [0.5, 0.6) is 0 Å². The quantitative estimate of drug-likeness (QED) is 0.449. The summed E-state index contributed by atoms with van der Waals surface area (Å²) >= 11 is 2.97. The summed E-state index contributed by atoms with van der Waals surface area (Å²) in [6.45, 7) is 6.30. The number of nitrogens with one attached hydrogen (secondary N) is 1. The predicted octanol–water partition coefficient (Wildman–Crippen LogP) is 4.58. The zero-order valence-corrected chi connectivity index (χ0v) is 19.2. The number of hydrogen-bond donors (Lipinski definition) is 1. The van der Waals surface area contributed by atoms with E-state index in [1.54, 1.807) is 15.9 Å². The van der Waals surface area contributed by atoms with Gasteiger partial charge in [0.15, 0.2) is 5.16 Å². The number of nitrogens with zero attached hydrogens (tertiary/aromatic N) is 2. The molecule has 2 heterocycles. The molecule has 1 aliphatic rings. The molecule has 4 rings (SSSR count). The van der Waals surface area contributed by atoms with Crippen LogP contribution in [-0.2, 0) is 17.6 Å². The number of para-hydroxylation sites is 1. The Morgan fingerprint density at radius 1 is 1.37 bits per heavy atom. The molecule has 3 aromatic rings. The SMILES string of the molecule is CC[C@@H](C)NC(=O)CSc1nc2sc3c(c2c(=O)n1-c1ccccc1)CC[C@@H](C)C3. The van der Waals surface area contributed by atoms with E-state index in [2.05, 4.69) is 12.2 Å². The van der Waals surface area contributed by atoms with Crippen LogP contribution in [0, 0.1) is 5.92 Å². The van der Waals surface area contributed by atoms with Crippen LogP contribution in [0.2, 0.25) is 0 Å². The average molecular weight is 442 g/mol. The number of hydrogen-bond acceptors (Lipinski definition) is 5. The first-order valence-corrected chi connectivity index (χ1v) is 12.3. The molecule has 0 spiro atoms. The molecule has 0 fully saturated rings. The zero-order chi connectivity index (χ0) is 21.3. The van der Waals surface area contributed by atoms with Gasteiger partial charge in [-0.25, -0.2) is 4.98 Å². The van der Waals surface area contributed by atoms with Gasteiger partial charge in [-0.15, -0.1) is 11.3 Å². The first-order chi connectivity index (χ1) is 14.5. The van der Waals surface area contributed by atoms with Crippen molar-refractivity contribution in [1.29, 1.82) is 0 Å². The molecule has 5 nitrogen and oxygen atoms in total. The van der Waals surface area contributed by atoms with Gasteiger partial charge >= 0.3 is 0 Å². The lowest BCUT2D eigenvalue weighted by Crippen LogP contribution is -2.33. The Bertz CT molecular complexity index is 1120. The highest BCUT2D eigenvalue weighted by molar-refractivity contribution is 7.99. The monoisotopic (exact) mass is 441 g/mol. The van der Waals surface area contributed by atoms with Gasteiger partial charge in [0.1, 0.15) is 4.83 Å². The number of fused-ring (bicyclic) bond motifs is 3. The lowest BCUT2D eigenvalue weighted by atomic mass is 9.89. The van der Waals surface area contributed by atoms with Crippen LogP contribution in [-0.4, -0.2) is 27.3 Å². The Morgan fingerprint density at radius 3 is 2.87 bits per heavy atom. The summed E-state index contributed by atoms with van der Waals surface area (Å²) in [5, 5.41) is 4.32. The van der Waals surface area contributed by atoms with Crippen LogP contribution >= 0.6 is 23.1 Å². The van der Waals surface area contributed by atoms with Gasteiger partial charge in [0, 0.05) is 10.9 Å². The van der Waals surface area contributed by atoms with Crippen molar-refractivity contribution in [2.45, 2.75) is 57.7 Å². The van der Waals surface area contributed by atoms with Crippen LogP contribution in [0.1, 0.15) is 44.1 Å². The fourth-order valence-electron chi connectivity index (χ4n) is 3.82. The molecule has 1 aliphatic carbocycles. The maximum absolute atomic E-state index is 13.6. The smallest absolute Gasteiger partial charge is 0.267 e. The molecule has 1 aromatic carbocycles. The summed E-state index contributed by atoms with van der Waals surface area (Å²) in [5.74, 6) is 0.833. The second-order valence-electron chi connectivity index (χ2n) is 8.07. The van der Waals surface area contributed by atoms with Crippen molar-refractivity contribution in [3.63, 3.8) is 0 Å². The number of rotatable bonds is 6. The van der Waals surface area contributed by atoms with E-state index in [1.165, 1.54) is 22.2 Å². The average Bonchev–Trinajstić information content (AvgIpc) is 3.10. The van der Waals surface area contributed by atoms with E-state index < -0.39 is 0 Å². The molecule has 0 radical (unpaired) electrons. The van der Waals surface area contributed by atoms with Gasteiger partial charge in [-0.1, -0.05) is 43.8 Å². The van der Waals surface area contributed by atoms with Crippen LogP contribution in [0.3, 0.4) is 0 Å². The molecule has 2 atom stereocenters. The Labute approximate surface area is 184 Å². The third-order valence-corrected chi connectivity index (χ3v) is 7.75. The lowest BCUT2D eigenvalue weighted by molar-refractivity contribution is -0.119. The summed E-state index contributed by atoms with van der Waals surface area (Å²) in [6.07, 6.45) is 3.94. The molecule has 30 heavy (non-hydrogen) atoms. The van der Waals surface area contributed by atoms with E-state index in [0.717, 1.165) is 41.6 Å². The van der Waals surface area contributed by atoms with Gasteiger partial charge in [0.2, 0.25) is 5.91 Å².